The third-order valence-corrected chi connectivity index (χ3v) is 4.74. The Morgan fingerprint density at radius 3 is 2.72 bits per heavy atom. The van der Waals surface area contributed by atoms with Crippen LogP contribution in [0.1, 0.15) is 37.2 Å². The average molecular weight is 243 g/mol. The number of amides is 1. The standard InChI is InChI=1S/C15H17NO2/c17-14-12(9-5-1-2-6-9)13-10-7-3-4-8-11(10)18-15(13)16-14/h3-4,7-9,12-13,15H,1-2,5-6H2,(H,16,17)/t12-,13-,15-/m0/s1. The number of rotatable bonds is 1. The SMILES string of the molecule is O=C1N[C@H]2Oc3ccccc3[C@H]2[C@@H]1C1CCCC1. The number of nitrogens with one attached hydrogen (secondary N) is 1. The second kappa shape index (κ2) is 3.74. The van der Waals surface area contributed by atoms with Crippen LogP contribution in [-0.4, -0.2) is 12.1 Å². The van der Waals surface area contributed by atoms with Crippen molar-refractivity contribution in [2.24, 2.45) is 11.8 Å². The molecule has 0 unspecified atom stereocenters. The summed E-state index contributed by atoms with van der Waals surface area (Å²) < 4.78 is 5.86. The van der Waals surface area contributed by atoms with Gasteiger partial charge >= 0.3 is 0 Å². The number of para-hydroxylation sites is 1. The molecule has 1 aromatic carbocycles. The van der Waals surface area contributed by atoms with E-state index in [0.717, 1.165) is 5.75 Å². The van der Waals surface area contributed by atoms with Gasteiger partial charge in [-0.2, -0.15) is 0 Å². The molecule has 1 aliphatic carbocycles. The van der Waals surface area contributed by atoms with Gasteiger partial charge in [0, 0.05) is 5.56 Å². The molecule has 3 atom stereocenters. The van der Waals surface area contributed by atoms with E-state index in [-0.39, 0.29) is 24.0 Å². The Balaban J connectivity index is 1.73. The Labute approximate surface area is 107 Å². The van der Waals surface area contributed by atoms with Crippen LogP contribution < -0.4 is 10.1 Å². The number of fused-ring (bicyclic) bond motifs is 3. The fourth-order valence-corrected chi connectivity index (χ4v) is 3.96. The summed E-state index contributed by atoms with van der Waals surface area (Å²) in [6.45, 7) is 0. The van der Waals surface area contributed by atoms with E-state index < -0.39 is 0 Å². The van der Waals surface area contributed by atoms with E-state index in [1.54, 1.807) is 0 Å². The molecule has 1 saturated carbocycles. The molecule has 18 heavy (non-hydrogen) atoms. The molecule has 1 saturated heterocycles. The van der Waals surface area contributed by atoms with Crippen molar-refractivity contribution in [3.63, 3.8) is 0 Å². The number of benzene rings is 1. The van der Waals surface area contributed by atoms with Crippen molar-refractivity contribution in [3.8, 4) is 5.75 Å². The molecule has 0 spiro atoms. The molecule has 0 radical (unpaired) electrons. The molecule has 1 amide bonds. The van der Waals surface area contributed by atoms with Gasteiger partial charge in [0.15, 0.2) is 6.23 Å². The first-order valence-corrected chi connectivity index (χ1v) is 6.90. The van der Waals surface area contributed by atoms with Crippen LogP contribution in [-0.2, 0) is 4.79 Å². The van der Waals surface area contributed by atoms with Crippen molar-refractivity contribution in [1.82, 2.24) is 5.32 Å². The summed E-state index contributed by atoms with van der Waals surface area (Å²) in [6.07, 6.45) is 4.82. The molecule has 2 aliphatic heterocycles. The summed E-state index contributed by atoms with van der Waals surface area (Å²) in [5.41, 5.74) is 1.22. The minimum atomic E-state index is -0.125. The molecule has 2 heterocycles. The van der Waals surface area contributed by atoms with Gasteiger partial charge in [-0.05, 0) is 24.8 Å². The molecule has 1 aromatic rings. The molecular formula is C15H17NO2. The number of ether oxygens (including phenoxy) is 1. The molecule has 0 aromatic heterocycles. The van der Waals surface area contributed by atoms with E-state index in [4.69, 9.17) is 4.74 Å². The van der Waals surface area contributed by atoms with E-state index in [1.807, 2.05) is 18.2 Å². The zero-order chi connectivity index (χ0) is 12.1. The first-order valence-electron chi connectivity index (χ1n) is 6.90. The summed E-state index contributed by atoms with van der Waals surface area (Å²) in [5.74, 6) is 2.06. The van der Waals surface area contributed by atoms with Crippen molar-refractivity contribution in [2.45, 2.75) is 37.8 Å². The topological polar surface area (TPSA) is 38.3 Å². The van der Waals surface area contributed by atoms with Crippen LogP contribution >= 0.6 is 0 Å². The maximum Gasteiger partial charge on any atom is 0.227 e. The van der Waals surface area contributed by atoms with Crippen molar-refractivity contribution in [2.75, 3.05) is 0 Å². The maximum atomic E-state index is 12.2. The highest BCUT2D eigenvalue weighted by molar-refractivity contribution is 5.84. The number of hydrogen-bond donors (Lipinski definition) is 1. The number of hydrogen-bond acceptors (Lipinski definition) is 2. The second-order valence-corrected chi connectivity index (χ2v) is 5.68. The summed E-state index contributed by atoms with van der Waals surface area (Å²) in [5, 5.41) is 3.03. The van der Waals surface area contributed by atoms with Crippen LogP contribution in [0.3, 0.4) is 0 Å². The van der Waals surface area contributed by atoms with E-state index in [0.29, 0.717) is 5.92 Å². The van der Waals surface area contributed by atoms with E-state index in [9.17, 15) is 4.79 Å². The first kappa shape index (κ1) is 10.4. The minimum Gasteiger partial charge on any atom is -0.470 e. The van der Waals surface area contributed by atoms with Crippen molar-refractivity contribution in [1.29, 1.82) is 0 Å². The summed E-state index contributed by atoms with van der Waals surface area (Å²) >= 11 is 0. The van der Waals surface area contributed by atoms with Crippen LogP contribution in [0, 0.1) is 11.8 Å². The molecule has 94 valence electrons. The van der Waals surface area contributed by atoms with Crippen molar-refractivity contribution < 1.29 is 9.53 Å². The van der Waals surface area contributed by atoms with Crippen LogP contribution in [0.15, 0.2) is 24.3 Å². The third-order valence-electron chi connectivity index (χ3n) is 4.74. The highest BCUT2D eigenvalue weighted by atomic mass is 16.5. The lowest BCUT2D eigenvalue weighted by molar-refractivity contribution is -0.124. The molecule has 0 bridgehead atoms. The van der Waals surface area contributed by atoms with E-state index in [1.165, 1.54) is 31.2 Å². The lowest BCUT2D eigenvalue weighted by Crippen LogP contribution is -2.30. The van der Waals surface area contributed by atoms with Gasteiger partial charge in [0.25, 0.3) is 0 Å². The normalized spacial score (nSPS) is 34.0. The molecule has 3 aliphatic rings. The first-order chi connectivity index (χ1) is 8.84. The predicted molar refractivity (Wildman–Crippen MR) is 67.2 cm³/mol. The van der Waals surface area contributed by atoms with Gasteiger partial charge < -0.3 is 10.1 Å². The summed E-state index contributed by atoms with van der Waals surface area (Å²) in [7, 11) is 0. The lowest BCUT2D eigenvalue weighted by atomic mass is 9.79. The van der Waals surface area contributed by atoms with Crippen LogP contribution in [0.25, 0.3) is 0 Å². The predicted octanol–water partition coefficient (Wildman–Crippen LogP) is 2.42. The van der Waals surface area contributed by atoms with Crippen molar-refractivity contribution >= 4 is 5.91 Å². The van der Waals surface area contributed by atoms with Gasteiger partial charge in [0.05, 0.1) is 11.8 Å². The van der Waals surface area contributed by atoms with Crippen LogP contribution in [0.5, 0.6) is 5.75 Å². The zero-order valence-corrected chi connectivity index (χ0v) is 10.3. The van der Waals surface area contributed by atoms with Gasteiger partial charge in [0.2, 0.25) is 5.91 Å². The smallest absolute Gasteiger partial charge is 0.227 e. The maximum absolute atomic E-state index is 12.2. The van der Waals surface area contributed by atoms with Crippen molar-refractivity contribution in [3.05, 3.63) is 29.8 Å². The third kappa shape index (κ3) is 1.33. The second-order valence-electron chi connectivity index (χ2n) is 5.68. The molecule has 2 fully saturated rings. The minimum absolute atomic E-state index is 0.125. The molecule has 4 rings (SSSR count). The largest absolute Gasteiger partial charge is 0.470 e. The average Bonchev–Trinajstić information content (AvgIpc) is 3.03. The molecular weight excluding hydrogens is 226 g/mol. The van der Waals surface area contributed by atoms with Gasteiger partial charge in [0.1, 0.15) is 5.75 Å². The highest BCUT2D eigenvalue weighted by Gasteiger charge is 2.52. The Morgan fingerprint density at radius 1 is 1.11 bits per heavy atom. The van der Waals surface area contributed by atoms with E-state index in [2.05, 4.69) is 11.4 Å². The Morgan fingerprint density at radius 2 is 1.89 bits per heavy atom. The molecule has 3 nitrogen and oxygen atoms in total. The molecule has 1 N–H and O–H groups in total. The number of carbonyl (C=O) groups is 1. The molecule has 3 heteroatoms. The van der Waals surface area contributed by atoms with Gasteiger partial charge in [-0.1, -0.05) is 31.0 Å². The van der Waals surface area contributed by atoms with Gasteiger partial charge in [-0.15, -0.1) is 0 Å². The van der Waals surface area contributed by atoms with Crippen LogP contribution in [0.2, 0.25) is 0 Å². The Hall–Kier alpha value is -1.51. The van der Waals surface area contributed by atoms with Gasteiger partial charge in [-0.25, -0.2) is 0 Å². The van der Waals surface area contributed by atoms with Gasteiger partial charge in [-0.3, -0.25) is 4.79 Å². The van der Waals surface area contributed by atoms with Crippen LogP contribution in [0.4, 0.5) is 0 Å². The summed E-state index contributed by atoms with van der Waals surface area (Å²) in [4.78, 5) is 12.2. The fraction of sp³-hybridized carbons (Fsp3) is 0.533. The Kier molecular flexibility index (Phi) is 2.16. The lowest BCUT2D eigenvalue weighted by Gasteiger charge is -2.20. The highest BCUT2D eigenvalue weighted by Crippen LogP contribution is 2.50. The zero-order valence-electron chi connectivity index (χ0n) is 10.3. The number of carbonyl (C=O) groups excluding carboxylic acids is 1. The monoisotopic (exact) mass is 243 g/mol. The Bertz CT molecular complexity index is 493. The van der Waals surface area contributed by atoms with E-state index >= 15 is 0 Å². The fourth-order valence-electron chi connectivity index (χ4n) is 3.96. The quantitative estimate of drug-likeness (QED) is 0.822. The summed E-state index contributed by atoms with van der Waals surface area (Å²) in [6, 6.07) is 8.15.